The van der Waals surface area contributed by atoms with Gasteiger partial charge in [0.2, 0.25) is 0 Å². The average molecular weight is 313 g/mol. The summed E-state index contributed by atoms with van der Waals surface area (Å²) in [5.41, 5.74) is 4.79. The van der Waals surface area contributed by atoms with Crippen LogP contribution < -0.4 is 4.90 Å². The van der Waals surface area contributed by atoms with Crippen LogP contribution in [0.2, 0.25) is 0 Å². The van der Waals surface area contributed by atoms with Crippen LogP contribution in [0.25, 0.3) is 10.2 Å². The molecule has 114 valence electrons. The number of nitrogens with zero attached hydrogens (tertiary/aromatic N) is 5. The fourth-order valence-corrected chi connectivity index (χ4v) is 4.42. The van der Waals surface area contributed by atoms with Crippen LogP contribution in [0.3, 0.4) is 0 Å². The summed E-state index contributed by atoms with van der Waals surface area (Å²) in [6, 6.07) is 2.44. The second-order valence-electron chi connectivity index (χ2n) is 5.89. The molecule has 4 heterocycles. The number of aryl methyl sites for hydroxylation is 2. The SMILES string of the molecule is Cc1nn(C)c(C)c1[C@H]1CCCN1c1ncnc2ccsc12. The average Bonchev–Trinajstić information content (AvgIpc) is 3.19. The summed E-state index contributed by atoms with van der Waals surface area (Å²) in [5, 5.41) is 6.69. The lowest BCUT2D eigenvalue weighted by molar-refractivity contribution is 0.695. The van der Waals surface area contributed by atoms with Gasteiger partial charge in [0.25, 0.3) is 0 Å². The normalized spacial score (nSPS) is 18.5. The van der Waals surface area contributed by atoms with Crippen molar-refractivity contribution in [1.29, 1.82) is 0 Å². The van der Waals surface area contributed by atoms with E-state index in [9.17, 15) is 0 Å². The Balaban J connectivity index is 1.83. The molecule has 0 spiro atoms. The zero-order valence-corrected chi connectivity index (χ0v) is 13.9. The Bertz CT molecular complexity index is 834. The lowest BCUT2D eigenvalue weighted by Gasteiger charge is -2.26. The zero-order valence-electron chi connectivity index (χ0n) is 13.1. The number of hydrogen-bond acceptors (Lipinski definition) is 5. The molecule has 0 bridgehead atoms. The standard InChI is InChI=1S/C16H19N5S/c1-10-14(11(2)20(3)19-10)13-5-4-7-21(13)16-15-12(6-8-22-15)17-9-18-16/h6,8-9,13H,4-5,7H2,1-3H3/t13-/m1/s1. The highest BCUT2D eigenvalue weighted by Gasteiger charge is 2.32. The first-order valence-electron chi connectivity index (χ1n) is 7.61. The molecule has 0 amide bonds. The molecule has 0 unspecified atom stereocenters. The largest absolute Gasteiger partial charge is 0.348 e. The van der Waals surface area contributed by atoms with E-state index in [1.807, 2.05) is 11.7 Å². The summed E-state index contributed by atoms with van der Waals surface area (Å²) in [5.74, 6) is 1.07. The lowest BCUT2D eigenvalue weighted by Crippen LogP contribution is -2.24. The Hall–Kier alpha value is -1.95. The van der Waals surface area contributed by atoms with Gasteiger partial charge in [-0.05, 0) is 38.1 Å². The number of anilines is 1. The van der Waals surface area contributed by atoms with E-state index in [2.05, 4.69) is 45.3 Å². The molecule has 0 N–H and O–H groups in total. The van der Waals surface area contributed by atoms with Gasteiger partial charge < -0.3 is 4.90 Å². The number of thiophene rings is 1. The van der Waals surface area contributed by atoms with Crippen LogP contribution in [0.1, 0.15) is 35.8 Å². The maximum atomic E-state index is 4.60. The Labute approximate surface area is 133 Å². The summed E-state index contributed by atoms with van der Waals surface area (Å²) in [6.07, 6.45) is 4.03. The molecular formula is C16H19N5S. The third kappa shape index (κ3) is 1.94. The molecule has 0 saturated carbocycles. The van der Waals surface area contributed by atoms with Gasteiger partial charge in [-0.25, -0.2) is 9.97 Å². The summed E-state index contributed by atoms with van der Waals surface area (Å²) < 4.78 is 3.18. The van der Waals surface area contributed by atoms with Crippen LogP contribution in [0.5, 0.6) is 0 Å². The Morgan fingerprint density at radius 3 is 2.91 bits per heavy atom. The lowest BCUT2D eigenvalue weighted by atomic mass is 10.0. The molecule has 0 aromatic carbocycles. The molecule has 1 saturated heterocycles. The van der Waals surface area contributed by atoms with E-state index in [-0.39, 0.29) is 0 Å². The second kappa shape index (κ2) is 5.05. The highest BCUT2D eigenvalue weighted by atomic mass is 32.1. The molecule has 1 aliphatic rings. The van der Waals surface area contributed by atoms with E-state index < -0.39 is 0 Å². The van der Waals surface area contributed by atoms with Gasteiger partial charge in [0.1, 0.15) is 6.33 Å². The second-order valence-corrected chi connectivity index (χ2v) is 6.81. The fourth-order valence-electron chi connectivity index (χ4n) is 3.57. The van der Waals surface area contributed by atoms with Gasteiger partial charge in [-0.2, -0.15) is 5.10 Å². The highest BCUT2D eigenvalue weighted by Crippen LogP contribution is 2.40. The van der Waals surface area contributed by atoms with Crippen molar-refractivity contribution in [1.82, 2.24) is 19.7 Å². The van der Waals surface area contributed by atoms with Crippen molar-refractivity contribution in [3.05, 3.63) is 34.7 Å². The summed E-state index contributed by atoms with van der Waals surface area (Å²) in [7, 11) is 2.02. The highest BCUT2D eigenvalue weighted by molar-refractivity contribution is 7.17. The minimum Gasteiger partial charge on any atom is -0.348 e. The summed E-state index contributed by atoms with van der Waals surface area (Å²) in [4.78, 5) is 11.4. The predicted molar refractivity (Wildman–Crippen MR) is 89.4 cm³/mol. The van der Waals surface area contributed by atoms with Crippen LogP contribution in [0.4, 0.5) is 5.82 Å². The first kappa shape index (κ1) is 13.7. The van der Waals surface area contributed by atoms with Crippen molar-refractivity contribution >= 4 is 27.4 Å². The van der Waals surface area contributed by atoms with Crippen molar-refractivity contribution in [3.8, 4) is 0 Å². The first-order chi connectivity index (χ1) is 10.7. The summed E-state index contributed by atoms with van der Waals surface area (Å²) >= 11 is 1.72. The third-order valence-electron chi connectivity index (χ3n) is 4.65. The van der Waals surface area contributed by atoms with E-state index in [0.29, 0.717) is 6.04 Å². The smallest absolute Gasteiger partial charge is 0.150 e. The molecule has 1 aliphatic heterocycles. The van der Waals surface area contributed by atoms with Crippen molar-refractivity contribution in [3.63, 3.8) is 0 Å². The minimum atomic E-state index is 0.369. The molecule has 0 radical (unpaired) electrons. The third-order valence-corrected chi connectivity index (χ3v) is 5.55. The maximum absolute atomic E-state index is 4.60. The maximum Gasteiger partial charge on any atom is 0.150 e. The number of aromatic nitrogens is 4. The molecule has 1 atom stereocenters. The number of fused-ring (bicyclic) bond motifs is 1. The van der Waals surface area contributed by atoms with Crippen LogP contribution in [-0.2, 0) is 7.05 Å². The Morgan fingerprint density at radius 2 is 2.14 bits per heavy atom. The quantitative estimate of drug-likeness (QED) is 0.727. The van der Waals surface area contributed by atoms with Gasteiger partial charge in [-0.15, -0.1) is 11.3 Å². The van der Waals surface area contributed by atoms with Gasteiger partial charge in [0.15, 0.2) is 5.82 Å². The monoisotopic (exact) mass is 313 g/mol. The van der Waals surface area contributed by atoms with Crippen LogP contribution in [-0.4, -0.2) is 26.3 Å². The number of hydrogen-bond donors (Lipinski definition) is 0. The van der Waals surface area contributed by atoms with Crippen molar-refractivity contribution < 1.29 is 0 Å². The van der Waals surface area contributed by atoms with E-state index in [1.54, 1.807) is 17.7 Å². The Kier molecular flexibility index (Phi) is 3.14. The minimum absolute atomic E-state index is 0.369. The van der Waals surface area contributed by atoms with Crippen LogP contribution in [0.15, 0.2) is 17.8 Å². The molecule has 0 aliphatic carbocycles. The van der Waals surface area contributed by atoms with E-state index >= 15 is 0 Å². The fraction of sp³-hybridized carbons (Fsp3) is 0.438. The van der Waals surface area contributed by atoms with Crippen molar-refractivity contribution in [2.45, 2.75) is 32.7 Å². The van der Waals surface area contributed by atoms with Crippen LogP contribution >= 0.6 is 11.3 Å². The van der Waals surface area contributed by atoms with Crippen molar-refractivity contribution in [2.75, 3.05) is 11.4 Å². The van der Waals surface area contributed by atoms with E-state index in [4.69, 9.17) is 0 Å². The summed E-state index contributed by atoms with van der Waals surface area (Å²) in [6.45, 7) is 5.31. The number of rotatable bonds is 2. The van der Waals surface area contributed by atoms with E-state index in [0.717, 1.165) is 30.0 Å². The molecule has 1 fully saturated rings. The molecule has 6 heteroatoms. The topological polar surface area (TPSA) is 46.8 Å². The molecule has 5 nitrogen and oxygen atoms in total. The van der Waals surface area contributed by atoms with Crippen molar-refractivity contribution in [2.24, 2.45) is 7.05 Å². The Morgan fingerprint density at radius 1 is 1.27 bits per heavy atom. The predicted octanol–water partition coefficient (Wildman–Crippen LogP) is 3.38. The molecule has 4 rings (SSSR count). The zero-order chi connectivity index (χ0) is 15.3. The van der Waals surface area contributed by atoms with Gasteiger partial charge in [-0.3, -0.25) is 4.68 Å². The van der Waals surface area contributed by atoms with E-state index in [1.165, 1.54) is 22.4 Å². The molecular weight excluding hydrogens is 294 g/mol. The van der Waals surface area contributed by atoms with Gasteiger partial charge >= 0.3 is 0 Å². The van der Waals surface area contributed by atoms with Gasteiger partial charge in [-0.1, -0.05) is 0 Å². The van der Waals surface area contributed by atoms with Gasteiger partial charge in [0.05, 0.1) is 22.0 Å². The molecule has 22 heavy (non-hydrogen) atoms. The van der Waals surface area contributed by atoms with Crippen LogP contribution in [0, 0.1) is 13.8 Å². The molecule has 3 aromatic rings. The first-order valence-corrected chi connectivity index (χ1v) is 8.49. The van der Waals surface area contributed by atoms with Gasteiger partial charge in [0, 0.05) is 24.8 Å². The molecule has 3 aromatic heterocycles.